The summed E-state index contributed by atoms with van der Waals surface area (Å²) in [6, 6.07) is 5.69. The van der Waals surface area contributed by atoms with Crippen LogP contribution in [0.3, 0.4) is 0 Å². The first-order valence-corrected chi connectivity index (χ1v) is 6.71. The van der Waals surface area contributed by atoms with Gasteiger partial charge < -0.3 is 10.6 Å². The Morgan fingerprint density at radius 2 is 1.84 bits per heavy atom. The number of carbonyl (C=O) groups is 2. The Balaban J connectivity index is 1.77. The number of aryl methyl sites for hydroxylation is 1. The molecule has 102 valence electrons. The number of carbonyl (C=O) groups excluding carboxylic acids is 2. The van der Waals surface area contributed by atoms with Gasteiger partial charge in [-0.25, -0.2) is 0 Å². The second-order valence-electron chi connectivity index (χ2n) is 5.07. The molecule has 0 atom stereocenters. The number of amides is 2. The van der Waals surface area contributed by atoms with Crippen molar-refractivity contribution in [2.45, 2.75) is 26.7 Å². The third-order valence-corrected chi connectivity index (χ3v) is 3.51. The van der Waals surface area contributed by atoms with Crippen LogP contribution in [0.4, 0.5) is 0 Å². The van der Waals surface area contributed by atoms with Gasteiger partial charge in [0.25, 0.3) is 5.91 Å². The van der Waals surface area contributed by atoms with Crippen molar-refractivity contribution in [3.63, 3.8) is 0 Å². The van der Waals surface area contributed by atoms with E-state index in [1.807, 2.05) is 32.0 Å². The lowest BCUT2D eigenvalue weighted by molar-refractivity contribution is -0.122. The summed E-state index contributed by atoms with van der Waals surface area (Å²) < 4.78 is 0. The highest BCUT2D eigenvalue weighted by atomic mass is 16.2. The molecule has 0 heterocycles. The first-order chi connectivity index (χ1) is 9.09. The largest absolute Gasteiger partial charge is 0.354 e. The summed E-state index contributed by atoms with van der Waals surface area (Å²) in [6.07, 6.45) is 2.00. The van der Waals surface area contributed by atoms with E-state index >= 15 is 0 Å². The van der Waals surface area contributed by atoms with Crippen molar-refractivity contribution in [2.24, 2.45) is 5.92 Å². The quantitative estimate of drug-likeness (QED) is 0.789. The van der Waals surface area contributed by atoms with E-state index in [4.69, 9.17) is 0 Å². The molecule has 2 N–H and O–H groups in total. The molecule has 2 amide bonds. The number of nitrogens with one attached hydrogen (secondary N) is 2. The van der Waals surface area contributed by atoms with Crippen LogP contribution in [0.5, 0.6) is 0 Å². The fourth-order valence-corrected chi connectivity index (χ4v) is 1.94. The van der Waals surface area contributed by atoms with Gasteiger partial charge in [-0.2, -0.15) is 0 Å². The fraction of sp³-hybridized carbons (Fsp3) is 0.467. The molecule has 0 aromatic heterocycles. The molecule has 0 spiro atoms. The van der Waals surface area contributed by atoms with Crippen LogP contribution < -0.4 is 10.6 Å². The van der Waals surface area contributed by atoms with Crippen LogP contribution in [0.25, 0.3) is 0 Å². The molecule has 1 saturated carbocycles. The van der Waals surface area contributed by atoms with E-state index in [-0.39, 0.29) is 17.7 Å². The SMILES string of the molecule is Cc1cccc(C(=O)NCCNC(=O)C2CC2)c1C. The Bertz CT molecular complexity index is 493. The average molecular weight is 260 g/mol. The Morgan fingerprint density at radius 1 is 1.16 bits per heavy atom. The minimum atomic E-state index is -0.0816. The standard InChI is InChI=1S/C15H20N2O2/c1-10-4-3-5-13(11(10)2)15(19)17-9-8-16-14(18)12-6-7-12/h3-5,12H,6-9H2,1-2H3,(H,16,18)(H,17,19). The van der Waals surface area contributed by atoms with Gasteiger partial charge >= 0.3 is 0 Å². The minimum absolute atomic E-state index is 0.0816. The predicted octanol–water partition coefficient (Wildman–Crippen LogP) is 1.56. The summed E-state index contributed by atoms with van der Waals surface area (Å²) in [6.45, 7) is 4.89. The van der Waals surface area contributed by atoms with Crippen LogP contribution >= 0.6 is 0 Å². The Hall–Kier alpha value is -1.84. The van der Waals surface area contributed by atoms with Crippen molar-refractivity contribution in [1.29, 1.82) is 0 Å². The smallest absolute Gasteiger partial charge is 0.251 e. The zero-order valence-electron chi connectivity index (χ0n) is 11.5. The van der Waals surface area contributed by atoms with Crippen LogP contribution in [-0.4, -0.2) is 24.9 Å². The van der Waals surface area contributed by atoms with E-state index in [9.17, 15) is 9.59 Å². The highest BCUT2D eigenvalue weighted by molar-refractivity contribution is 5.95. The van der Waals surface area contributed by atoms with E-state index in [1.54, 1.807) is 0 Å². The van der Waals surface area contributed by atoms with Crippen LogP contribution in [0, 0.1) is 19.8 Å². The molecule has 0 saturated heterocycles. The number of hydrogen-bond acceptors (Lipinski definition) is 2. The van der Waals surface area contributed by atoms with Gasteiger partial charge in [-0.3, -0.25) is 9.59 Å². The number of hydrogen-bond donors (Lipinski definition) is 2. The summed E-state index contributed by atoms with van der Waals surface area (Å²) in [5.74, 6) is 0.248. The average Bonchev–Trinajstić information content (AvgIpc) is 3.21. The van der Waals surface area contributed by atoms with E-state index < -0.39 is 0 Å². The molecule has 0 unspecified atom stereocenters. The van der Waals surface area contributed by atoms with Gasteiger partial charge in [-0.15, -0.1) is 0 Å². The van der Waals surface area contributed by atoms with Gasteiger partial charge in [-0.05, 0) is 43.9 Å². The molecule has 0 bridgehead atoms. The van der Waals surface area contributed by atoms with Gasteiger partial charge in [0.05, 0.1) is 0 Å². The highest BCUT2D eigenvalue weighted by Crippen LogP contribution is 2.28. The zero-order valence-corrected chi connectivity index (χ0v) is 11.5. The van der Waals surface area contributed by atoms with Gasteiger partial charge in [-0.1, -0.05) is 12.1 Å². The molecule has 1 aliphatic rings. The lowest BCUT2D eigenvalue weighted by Gasteiger charge is -2.10. The molecule has 1 aromatic rings. The topological polar surface area (TPSA) is 58.2 Å². The molecule has 4 heteroatoms. The van der Waals surface area contributed by atoms with Gasteiger partial charge in [0.1, 0.15) is 0 Å². The third-order valence-electron chi connectivity index (χ3n) is 3.51. The molecule has 1 aliphatic carbocycles. The molecule has 2 rings (SSSR count). The van der Waals surface area contributed by atoms with Crippen molar-refractivity contribution in [3.8, 4) is 0 Å². The molecule has 4 nitrogen and oxygen atoms in total. The maximum absolute atomic E-state index is 12.0. The van der Waals surface area contributed by atoms with Crippen LogP contribution in [-0.2, 0) is 4.79 Å². The summed E-state index contributed by atoms with van der Waals surface area (Å²) >= 11 is 0. The Labute approximate surface area is 113 Å². The lowest BCUT2D eigenvalue weighted by Crippen LogP contribution is -2.35. The van der Waals surface area contributed by atoms with E-state index in [1.165, 1.54) is 0 Å². The van der Waals surface area contributed by atoms with E-state index in [0.29, 0.717) is 18.7 Å². The normalized spacial score (nSPS) is 14.0. The lowest BCUT2D eigenvalue weighted by atomic mass is 10.0. The zero-order chi connectivity index (χ0) is 13.8. The molecular weight excluding hydrogens is 240 g/mol. The number of rotatable bonds is 5. The third kappa shape index (κ3) is 3.56. The molecule has 1 fully saturated rings. The summed E-state index contributed by atoms with van der Waals surface area (Å²) in [5, 5.41) is 5.65. The second-order valence-corrected chi connectivity index (χ2v) is 5.07. The molecule has 0 radical (unpaired) electrons. The number of benzene rings is 1. The second kappa shape index (κ2) is 5.87. The molecule has 0 aliphatic heterocycles. The van der Waals surface area contributed by atoms with Crippen LogP contribution in [0.1, 0.15) is 34.3 Å². The van der Waals surface area contributed by atoms with Gasteiger partial charge in [0.15, 0.2) is 0 Å². The summed E-state index contributed by atoms with van der Waals surface area (Å²) in [7, 11) is 0. The molecule has 19 heavy (non-hydrogen) atoms. The Morgan fingerprint density at radius 3 is 2.53 bits per heavy atom. The first kappa shape index (κ1) is 13.6. The highest BCUT2D eigenvalue weighted by Gasteiger charge is 2.28. The Kier molecular flexibility index (Phi) is 4.20. The van der Waals surface area contributed by atoms with Gasteiger partial charge in [0.2, 0.25) is 5.91 Å². The molecule has 1 aromatic carbocycles. The van der Waals surface area contributed by atoms with E-state index in [2.05, 4.69) is 10.6 Å². The van der Waals surface area contributed by atoms with Crippen molar-refractivity contribution < 1.29 is 9.59 Å². The van der Waals surface area contributed by atoms with Crippen molar-refractivity contribution >= 4 is 11.8 Å². The monoisotopic (exact) mass is 260 g/mol. The maximum atomic E-state index is 12.0. The first-order valence-electron chi connectivity index (χ1n) is 6.71. The summed E-state index contributed by atoms with van der Waals surface area (Å²) in [4.78, 5) is 23.4. The van der Waals surface area contributed by atoms with Gasteiger partial charge in [0, 0.05) is 24.6 Å². The van der Waals surface area contributed by atoms with Crippen molar-refractivity contribution in [2.75, 3.05) is 13.1 Å². The van der Waals surface area contributed by atoms with Crippen LogP contribution in [0.15, 0.2) is 18.2 Å². The molecular formula is C15H20N2O2. The predicted molar refractivity (Wildman–Crippen MR) is 74.0 cm³/mol. The maximum Gasteiger partial charge on any atom is 0.251 e. The van der Waals surface area contributed by atoms with E-state index in [0.717, 1.165) is 24.0 Å². The van der Waals surface area contributed by atoms with Crippen LogP contribution in [0.2, 0.25) is 0 Å². The minimum Gasteiger partial charge on any atom is -0.354 e. The van der Waals surface area contributed by atoms with Crippen molar-refractivity contribution in [3.05, 3.63) is 34.9 Å². The van der Waals surface area contributed by atoms with Crippen molar-refractivity contribution in [1.82, 2.24) is 10.6 Å². The fourth-order valence-electron chi connectivity index (χ4n) is 1.94. The summed E-state index contributed by atoms with van der Waals surface area (Å²) in [5.41, 5.74) is 2.81.